The number of anilines is 1. The Morgan fingerprint density at radius 2 is 1.71 bits per heavy atom. The maximum Gasteiger partial charge on any atom is 0.257 e. The summed E-state index contributed by atoms with van der Waals surface area (Å²) in [6.07, 6.45) is 7.18. The molecule has 12 heteroatoms. The average molecular weight is 627 g/mol. The number of amides is 4. The van der Waals surface area contributed by atoms with Gasteiger partial charge in [0.2, 0.25) is 17.7 Å². The van der Waals surface area contributed by atoms with E-state index in [0.717, 1.165) is 51.6 Å². The number of likely N-dealkylation sites (N-methyl/N-ethyl adjacent to an activating group) is 1. The highest BCUT2D eigenvalue weighted by molar-refractivity contribution is 6.01. The zero-order chi connectivity index (χ0) is 32.5. The van der Waals surface area contributed by atoms with Crippen LogP contribution in [0.1, 0.15) is 93.3 Å². The fourth-order valence-electron chi connectivity index (χ4n) is 6.07. The fraction of sp³-hybridized carbons (Fsp3) is 0.606. The first-order chi connectivity index (χ1) is 21.6. The van der Waals surface area contributed by atoms with Crippen LogP contribution in [-0.4, -0.2) is 83.9 Å². The summed E-state index contributed by atoms with van der Waals surface area (Å²) in [4.78, 5) is 56.4. The molecule has 2 heterocycles. The van der Waals surface area contributed by atoms with Crippen LogP contribution < -0.4 is 16.0 Å². The van der Waals surface area contributed by atoms with E-state index in [1.54, 1.807) is 17.9 Å². The molecule has 1 aliphatic heterocycles. The summed E-state index contributed by atoms with van der Waals surface area (Å²) >= 11 is 0. The van der Waals surface area contributed by atoms with Crippen LogP contribution in [0.3, 0.4) is 0 Å². The minimum Gasteiger partial charge on any atom is -0.364 e. The van der Waals surface area contributed by atoms with Crippen molar-refractivity contribution in [2.24, 2.45) is 5.92 Å². The molecule has 1 aromatic carbocycles. The molecule has 2 aromatic rings. The van der Waals surface area contributed by atoms with Crippen molar-refractivity contribution in [2.75, 3.05) is 38.5 Å². The molecule has 1 saturated carbocycles. The largest absolute Gasteiger partial charge is 0.364 e. The van der Waals surface area contributed by atoms with Crippen molar-refractivity contribution in [2.45, 2.75) is 90.1 Å². The van der Waals surface area contributed by atoms with Crippen LogP contribution in [0, 0.1) is 11.7 Å². The predicted molar refractivity (Wildman–Crippen MR) is 168 cm³/mol. The highest BCUT2D eigenvalue weighted by atomic mass is 19.1. The van der Waals surface area contributed by atoms with Crippen molar-refractivity contribution < 1.29 is 28.1 Å². The Balaban J connectivity index is 1.49. The standard InChI is InChI=1S/C33H47FN6O5/c1-5-28(41)35-27(33(44)40-16-14-39(4)15-17-40)19-22-12-13-26(25(34)18-22)36-32(43)30(23-10-8-6-7-9-11-23)37-31(42)24-20-45-38-29(24)21(2)3/h12-13,18,20-21,23,27,30H,5-11,14-17,19H2,1-4H3,(H,35,41)(H,36,43)(H,37,42)/t27-,30+/m1/s1. The first kappa shape index (κ1) is 34.1. The molecule has 2 fully saturated rings. The summed E-state index contributed by atoms with van der Waals surface area (Å²) in [6.45, 7) is 8.11. The number of hydrogen-bond donors (Lipinski definition) is 3. The van der Waals surface area contributed by atoms with Gasteiger partial charge in [0.15, 0.2) is 0 Å². The Morgan fingerprint density at radius 1 is 1.02 bits per heavy atom. The quantitative estimate of drug-likeness (QED) is 0.322. The number of halogens is 1. The summed E-state index contributed by atoms with van der Waals surface area (Å²) in [6, 6.07) is 2.68. The third-order valence-corrected chi connectivity index (χ3v) is 8.83. The van der Waals surface area contributed by atoms with E-state index >= 15 is 4.39 Å². The van der Waals surface area contributed by atoms with Gasteiger partial charge in [-0.25, -0.2) is 4.39 Å². The first-order valence-corrected chi connectivity index (χ1v) is 16.2. The van der Waals surface area contributed by atoms with Gasteiger partial charge >= 0.3 is 0 Å². The molecule has 2 atom stereocenters. The summed E-state index contributed by atoms with van der Waals surface area (Å²) in [7, 11) is 1.99. The number of nitrogens with one attached hydrogen (secondary N) is 3. The fourth-order valence-corrected chi connectivity index (χ4v) is 6.07. The Morgan fingerprint density at radius 3 is 2.33 bits per heavy atom. The van der Waals surface area contributed by atoms with E-state index in [1.807, 2.05) is 20.9 Å². The minimum absolute atomic E-state index is 0.0241. The maximum absolute atomic E-state index is 15.5. The molecule has 4 amide bonds. The van der Waals surface area contributed by atoms with Crippen molar-refractivity contribution >= 4 is 29.3 Å². The van der Waals surface area contributed by atoms with Gasteiger partial charge in [-0.05, 0) is 49.4 Å². The van der Waals surface area contributed by atoms with Gasteiger partial charge in [-0.15, -0.1) is 0 Å². The second-order valence-corrected chi connectivity index (χ2v) is 12.6. The predicted octanol–water partition coefficient (Wildman–Crippen LogP) is 3.86. The maximum atomic E-state index is 15.5. The van der Waals surface area contributed by atoms with Crippen molar-refractivity contribution in [3.63, 3.8) is 0 Å². The first-order valence-electron chi connectivity index (χ1n) is 16.2. The van der Waals surface area contributed by atoms with Crippen molar-refractivity contribution in [1.29, 1.82) is 0 Å². The lowest BCUT2D eigenvalue weighted by Gasteiger charge is -2.34. The van der Waals surface area contributed by atoms with Crippen molar-refractivity contribution in [3.05, 3.63) is 47.1 Å². The van der Waals surface area contributed by atoms with Gasteiger partial charge in [0.25, 0.3) is 5.91 Å². The lowest BCUT2D eigenvalue weighted by atomic mass is 9.90. The third kappa shape index (κ3) is 9.12. The molecule has 3 N–H and O–H groups in total. The summed E-state index contributed by atoms with van der Waals surface area (Å²) < 4.78 is 20.5. The van der Waals surface area contributed by atoms with Gasteiger partial charge in [0.1, 0.15) is 29.7 Å². The summed E-state index contributed by atoms with van der Waals surface area (Å²) in [5.74, 6) is -2.23. The van der Waals surface area contributed by atoms with E-state index in [2.05, 4.69) is 26.0 Å². The van der Waals surface area contributed by atoms with Crippen LogP contribution in [0.5, 0.6) is 0 Å². The third-order valence-electron chi connectivity index (χ3n) is 8.83. The van der Waals surface area contributed by atoms with Crippen LogP contribution in [0.4, 0.5) is 10.1 Å². The second-order valence-electron chi connectivity index (χ2n) is 12.6. The molecule has 1 aliphatic carbocycles. The second kappa shape index (κ2) is 16.0. The molecule has 4 rings (SSSR count). The van der Waals surface area contributed by atoms with Gasteiger partial charge < -0.3 is 30.3 Å². The number of carbonyl (C=O) groups excluding carboxylic acids is 4. The van der Waals surface area contributed by atoms with Crippen LogP contribution in [0.2, 0.25) is 0 Å². The van der Waals surface area contributed by atoms with E-state index in [-0.39, 0.29) is 47.7 Å². The van der Waals surface area contributed by atoms with E-state index in [9.17, 15) is 19.2 Å². The number of piperazine rings is 1. The molecule has 0 bridgehead atoms. The van der Waals surface area contributed by atoms with Crippen molar-refractivity contribution in [1.82, 2.24) is 25.6 Å². The minimum atomic E-state index is -0.876. The molecule has 1 aromatic heterocycles. The van der Waals surface area contributed by atoms with E-state index < -0.39 is 29.7 Å². The summed E-state index contributed by atoms with van der Waals surface area (Å²) in [5.41, 5.74) is 1.28. The molecule has 2 aliphatic rings. The van der Waals surface area contributed by atoms with E-state index in [1.165, 1.54) is 18.4 Å². The smallest absolute Gasteiger partial charge is 0.257 e. The van der Waals surface area contributed by atoms with Gasteiger partial charge in [0, 0.05) is 39.0 Å². The molecule has 11 nitrogen and oxygen atoms in total. The Hall–Kier alpha value is -3.80. The molecule has 1 saturated heterocycles. The number of nitrogens with zero attached hydrogens (tertiary/aromatic N) is 3. The van der Waals surface area contributed by atoms with E-state index in [0.29, 0.717) is 24.3 Å². The molecular formula is C33H47FN6O5. The molecule has 0 unspecified atom stereocenters. The zero-order valence-electron chi connectivity index (χ0n) is 26.9. The normalized spacial score (nSPS) is 17.8. The van der Waals surface area contributed by atoms with Gasteiger partial charge in [-0.2, -0.15) is 0 Å². The van der Waals surface area contributed by atoms with E-state index in [4.69, 9.17) is 4.52 Å². The number of aromatic nitrogens is 1. The van der Waals surface area contributed by atoms with Gasteiger partial charge in [0.05, 0.1) is 11.4 Å². The van der Waals surface area contributed by atoms with Crippen LogP contribution in [0.15, 0.2) is 29.0 Å². The number of benzene rings is 1. The molecule has 246 valence electrons. The van der Waals surface area contributed by atoms with Gasteiger partial charge in [-0.1, -0.05) is 57.7 Å². The highest BCUT2D eigenvalue weighted by Crippen LogP contribution is 2.28. The lowest BCUT2D eigenvalue weighted by Crippen LogP contribution is -2.54. The molecule has 45 heavy (non-hydrogen) atoms. The number of carbonyl (C=O) groups is 4. The molecule has 0 radical (unpaired) electrons. The highest BCUT2D eigenvalue weighted by Gasteiger charge is 2.33. The lowest BCUT2D eigenvalue weighted by molar-refractivity contribution is -0.137. The Labute approximate surface area is 264 Å². The topological polar surface area (TPSA) is 137 Å². The molecule has 0 spiro atoms. The van der Waals surface area contributed by atoms with Crippen LogP contribution in [0.25, 0.3) is 0 Å². The van der Waals surface area contributed by atoms with Crippen LogP contribution >= 0.6 is 0 Å². The van der Waals surface area contributed by atoms with Crippen LogP contribution in [-0.2, 0) is 20.8 Å². The van der Waals surface area contributed by atoms with Crippen molar-refractivity contribution in [3.8, 4) is 0 Å². The SMILES string of the molecule is CCC(=O)N[C@H](Cc1ccc(NC(=O)[C@@H](NC(=O)c2conc2C(C)C)C2CCCCCC2)c(F)c1)C(=O)N1CCN(C)CC1. The Kier molecular flexibility index (Phi) is 12.1. The summed E-state index contributed by atoms with van der Waals surface area (Å²) in [5, 5.41) is 12.3. The zero-order valence-corrected chi connectivity index (χ0v) is 26.9. The van der Waals surface area contributed by atoms with Gasteiger partial charge in [-0.3, -0.25) is 19.2 Å². The number of hydrogen-bond acceptors (Lipinski definition) is 7. The number of rotatable bonds is 11. The monoisotopic (exact) mass is 626 g/mol. The Bertz CT molecular complexity index is 1330. The average Bonchev–Trinajstić information content (AvgIpc) is 3.37. The molecular weight excluding hydrogens is 579 g/mol.